The van der Waals surface area contributed by atoms with Crippen molar-refractivity contribution in [2.75, 3.05) is 46.2 Å². The summed E-state index contributed by atoms with van der Waals surface area (Å²) >= 11 is 2.74. The van der Waals surface area contributed by atoms with Crippen LogP contribution in [0, 0.1) is 6.92 Å². The average molecular weight is 489 g/mol. The smallest absolute Gasteiger partial charge is 0.282 e. The average Bonchev–Trinajstić information content (AvgIpc) is 3.38. The Hall–Kier alpha value is -3.02. The molecule has 0 fully saturated rings. The molecule has 0 aliphatic heterocycles. The first kappa shape index (κ1) is 24.6. The monoisotopic (exact) mass is 488 g/mol. The first-order valence-corrected chi connectivity index (χ1v) is 12.1. The number of likely N-dealkylation sites (N-methyl/N-ethyl adjacent to an activating group) is 2. The second-order valence-electron chi connectivity index (χ2n) is 7.63. The summed E-state index contributed by atoms with van der Waals surface area (Å²) in [7, 11) is 5.72. The van der Waals surface area contributed by atoms with Crippen LogP contribution in [0.1, 0.15) is 32.8 Å². The Bertz CT molecular complexity index is 1140. The van der Waals surface area contributed by atoms with E-state index < -0.39 is 5.91 Å². The highest BCUT2D eigenvalue weighted by Gasteiger charge is 2.20. The molecular formula is C22H28N6O3S2. The molecule has 9 nitrogen and oxygen atoms in total. The lowest BCUT2D eigenvalue weighted by molar-refractivity contribution is 0.0785. The predicted octanol–water partition coefficient (Wildman–Crippen LogP) is 3.45. The third kappa shape index (κ3) is 6.06. The lowest BCUT2D eigenvalue weighted by atomic mass is 10.2. The molecule has 0 radical (unpaired) electrons. The molecule has 2 heterocycles. The molecule has 3 N–H and O–H groups in total. The van der Waals surface area contributed by atoms with Gasteiger partial charge in [0.05, 0.1) is 28.6 Å². The van der Waals surface area contributed by atoms with Crippen LogP contribution in [-0.4, -0.2) is 72.4 Å². The predicted molar refractivity (Wildman–Crippen MR) is 133 cm³/mol. The van der Waals surface area contributed by atoms with E-state index in [4.69, 9.17) is 10.5 Å². The van der Waals surface area contributed by atoms with Crippen molar-refractivity contribution in [3.63, 3.8) is 0 Å². The van der Waals surface area contributed by atoms with E-state index in [2.05, 4.69) is 15.3 Å². The number of hydrogen-bond acceptors (Lipinski definition) is 9. The summed E-state index contributed by atoms with van der Waals surface area (Å²) in [5.74, 6) is -0.0229. The summed E-state index contributed by atoms with van der Waals surface area (Å²) in [5.41, 5.74) is 7.89. The minimum Gasteiger partial charge on any atom is -0.492 e. The molecule has 11 heteroatoms. The van der Waals surface area contributed by atoms with Gasteiger partial charge in [0.2, 0.25) is 5.91 Å². The van der Waals surface area contributed by atoms with Crippen molar-refractivity contribution in [3.05, 3.63) is 39.8 Å². The number of thiazole rings is 2. The summed E-state index contributed by atoms with van der Waals surface area (Å²) in [5, 5.41) is 6.19. The molecule has 0 saturated carbocycles. The van der Waals surface area contributed by atoms with E-state index in [9.17, 15) is 9.59 Å². The highest BCUT2D eigenvalue weighted by atomic mass is 32.1. The van der Waals surface area contributed by atoms with Crippen LogP contribution in [0.25, 0.3) is 10.6 Å². The highest BCUT2D eigenvalue weighted by molar-refractivity contribution is 7.18. The fourth-order valence-corrected chi connectivity index (χ4v) is 4.76. The third-order valence-corrected chi connectivity index (χ3v) is 6.68. The van der Waals surface area contributed by atoms with Gasteiger partial charge >= 0.3 is 0 Å². The summed E-state index contributed by atoms with van der Waals surface area (Å²) < 4.78 is 5.65. The zero-order valence-electron chi connectivity index (χ0n) is 19.3. The van der Waals surface area contributed by atoms with Crippen LogP contribution in [0.15, 0.2) is 23.6 Å². The van der Waals surface area contributed by atoms with Gasteiger partial charge in [-0.2, -0.15) is 0 Å². The number of ether oxygens (including phenoxy) is 1. The van der Waals surface area contributed by atoms with Gasteiger partial charge in [0.15, 0.2) is 10.1 Å². The Balaban J connectivity index is 1.81. The number of benzene rings is 1. The molecule has 0 aliphatic carbocycles. The van der Waals surface area contributed by atoms with Crippen LogP contribution in [0.3, 0.4) is 0 Å². The number of nitrogens with one attached hydrogen (secondary N) is 1. The largest absolute Gasteiger partial charge is 0.492 e. The molecule has 2 aromatic heterocycles. The first-order chi connectivity index (χ1) is 15.7. The van der Waals surface area contributed by atoms with Crippen LogP contribution in [0.2, 0.25) is 0 Å². The van der Waals surface area contributed by atoms with Gasteiger partial charge < -0.3 is 25.6 Å². The van der Waals surface area contributed by atoms with Crippen molar-refractivity contribution < 1.29 is 14.3 Å². The lowest BCUT2D eigenvalue weighted by Crippen LogP contribution is -2.33. The Labute approximate surface area is 201 Å². The van der Waals surface area contributed by atoms with Crippen molar-refractivity contribution in [1.82, 2.24) is 19.8 Å². The van der Waals surface area contributed by atoms with E-state index in [-0.39, 0.29) is 5.91 Å². The standard InChI is InChI=1S/C22H28N6O3S2/c1-6-31-17-8-7-14(19(23)29)11-15(17)25-22-26-16(12-32-22)18-13(2)24-20(33-18)21(30)28(5)10-9-27(3)4/h7-8,11-12H,6,9-10H2,1-5H3,(H2,23,29)(H,25,26). The second-order valence-corrected chi connectivity index (χ2v) is 9.49. The van der Waals surface area contributed by atoms with Gasteiger partial charge in [0, 0.05) is 31.1 Å². The molecule has 0 unspecified atom stereocenters. The molecule has 1 aromatic carbocycles. The Morgan fingerprint density at radius 3 is 2.61 bits per heavy atom. The van der Waals surface area contributed by atoms with Crippen LogP contribution in [-0.2, 0) is 0 Å². The zero-order valence-corrected chi connectivity index (χ0v) is 21.0. The van der Waals surface area contributed by atoms with Crippen LogP contribution >= 0.6 is 22.7 Å². The number of rotatable bonds is 10. The Kier molecular flexibility index (Phi) is 8.01. The maximum absolute atomic E-state index is 12.8. The molecule has 0 spiro atoms. The van der Waals surface area contributed by atoms with Crippen molar-refractivity contribution in [2.24, 2.45) is 5.73 Å². The number of aryl methyl sites for hydroxylation is 1. The van der Waals surface area contributed by atoms with Crippen molar-refractivity contribution in [1.29, 1.82) is 0 Å². The molecule has 176 valence electrons. The molecule has 33 heavy (non-hydrogen) atoms. The molecule has 0 saturated heterocycles. The van der Waals surface area contributed by atoms with E-state index in [0.717, 1.165) is 22.8 Å². The van der Waals surface area contributed by atoms with E-state index >= 15 is 0 Å². The number of nitrogens with zero attached hydrogens (tertiary/aromatic N) is 4. The van der Waals surface area contributed by atoms with Gasteiger partial charge in [-0.05, 0) is 46.1 Å². The third-order valence-electron chi connectivity index (χ3n) is 4.75. The quantitative estimate of drug-likeness (QED) is 0.449. The number of nitrogens with two attached hydrogens (primary N) is 1. The number of carbonyl (C=O) groups excluding carboxylic acids is 2. The van der Waals surface area contributed by atoms with Gasteiger partial charge in [-0.15, -0.1) is 22.7 Å². The minimum atomic E-state index is -0.519. The lowest BCUT2D eigenvalue weighted by Gasteiger charge is -2.18. The summed E-state index contributed by atoms with van der Waals surface area (Å²) in [4.78, 5) is 38.0. The fraction of sp³-hybridized carbons (Fsp3) is 0.364. The van der Waals surface area contributed by atoms with Crippen molar-refractivity contribution in [2.45, 2.75) is 13.8 Å². The van der Waals surface area contributed by atoms with Crippen molar-refractivity contribution >= 4 is 45.3 Å². The van der Waals surface area contributed by atoms with Gasteiger partial charge in [0.25, 0.3) is 5.91 Å². The molecule has 0 bridgehead atoms. The molecule has 0 atom stereocenters. The SMILES string of the molecule is CCOc1ccc(C(N)=O)cc1Nc1nc(-c2sc(C(=O)N(C)CCN(C)C)nc2C)cs1. The highest BCUT2D eigenvalue weighted by Crippen LogP contribution is 2.35. The molecule has 0 aliphatic rings. The molecular weight excluding hydrogens is 460 g/mol. The van der Waals surface area contributed by atoms with Crippen molar-refractivity contribution in [3.8, 4) is 16.3 Å². The minimum absolute atomic E-state index is 0.102. The second kappa shape index (κ2) is 10.7. The normalized spacial score (nSPS) is 11.0. The van der Waals surface area contributed by atoms with E-state index in [1.807, 2.05) is 38.2 Å². The first-order valence-electron chi connectivity index (χ1n) is 10.4. The summed E-state index contributed by atoms with van der Waals surface area (Å²) in [6.07, 6.45) is 0. The number of primary amides is 1. The maximum Gasteiger partial charge on any atom is 0.282 e. The number of carbonyl (C=O) groups is 2. The number of aromatic nitrogens is 2. The zero-order chi connectivity index (χ0) is 24.1. The van der Waals surface area contributed by atoms with Crippen LogP contribution in [0.4, 0.5) is 10.8 Å². The molecule has 2 amide bonds. The van der Waals surface area contributed by atoms with Crippen LogP contribution in [0.5, 0.6) is 5.75 Å². The molecule has 3 rings (SSSR count). The maximum atomic E-state index is 12.8. The topological polar surface area (TPSA) is 114 Å². The van der Waals surface area contributed by atoms with E-state index in [1.54, 1.807) is 30.1 Å². The number of amides is 2. The summed E-state index contributed by atoms with van der Waals surface area (Å²) in [6.45, 7) is 5.64. The van der Waals surface area contributed by atoms with Crippen LogP contribution < -0.4 is 15.8 Å². The Morgan fingerprint density at radius 1 is 1.18 bits per heavy atom. The van der Waals surface area contributed by atoms with Gasteiger partial charge in [0.1, 0.15) is 5.75 Å². The van der Waals surface area contributed by atoms with E-state index in [1.165, 1.54) is 22.7 Å². The van der Waals surface area contributed by atoms with E-state index in [0.29, 0.717) is 40.3 Å². The summed E-state index contributed by atoms with van der Waals surface area (Å²) in [6, 6.07) is 4.98. The fourth-order valence-electron chi connectivity index (χ4n) is 2.95. The molecule has 3 aromatic rings. The van der Waals surface area contributed by atoms with Gasteiger partial charge in [-0.3, -0.25) is 9.59 Å². The van der Waals surface area contributed by atoms with Gasteiger partial charge in [-0.25, -0.2) is 9.97 Å². The number of hydrogen-bond donors (Lipinski definition) is 2. The van der Waals surface area contributed by atoms with Gasteiger partial charge in [-0.1, -0.05) is 0 Å². The Morgan fingerprint density at radius 2 is 1.94 bits per heavy atom. The number of anilines is 2.